The maximum absolute atomic E-state index is 12.9. The van der Waals surface area contributed by atoms with Gasteiger partial charge in [0.2, 0.25) is 10.0 Å². The second-order valence-corrected chi connectivity index (χ2v) is 9.81. The minimum atomic E-state index is -3.47. The Bertz CT molecular complexity index is 1290. The van der Waals surface area contributed by atoms with Crippen molar-refractivity contribution in [3.05, 3.63) is 90.0 Å². The summed E-state index contributed by atoms with van der Waals surface area (Å²) in [6.07, 6.45) is 1.80. The van der Waals surface area contributed by atoms with E-state index in [1.54, 1.807) is 24.3 Å². The van der Waals surface area contributed by atoms with Crippen molar-refractivity contribution in [2.24, 2.45) is 0 Å². The molecule has 7 heteroatoms. The lowest BCUT2D eigenvalue weighted by molar-refractivity contribution is -0.110. The van der Waals surface area contributed by atoms with Gasteiger partial charge in [0.1, 0.15) is 0 Å². The van der Waals surface area contributed by atoms with E-state index < -0.39 is 10.0 Å². The van der Waals surface area contributed by atoms with Crippen LogP contribution in [0.25, 0.3) is 11.3 Å². The molecule has 0 aliphatic carbocycles. The highest BCUT2D eigenvalue weighted by molar-refractivity contribution is 7.89. The van der Waals surface area contributed by atoms with Crippen molar-refractivity contribution in [3.8, 4) is 0 Å². The van der Waals surface area contributed by atoms with E-state index in [0.29, 0.717) is 30.0 Å². The van der Waals surface area contributed by atoms with Gasteiger partial charge in [-0.3, -0.25) is 4.79 Å². The number of nitrogens with zero attached hydrogens (tertiary/aromatic N) is 1. The van der Waals surface area contributed by atoms with Crippen LogP contribution in [0.3, 0.4) is 0 Å². The van der Waals surface area contributed by atoms with Crippen LogP contribution in [-0.4, -0.2) is 31.7 Å². The van der Waals surface area contributed by atoms with Crippen LogP contribution in [0.4, 0.5) is 11.4 Å². The Hall–Kier alpha value is -3.42. The van der Waals surface area contributed by atoms with E-state index in [-0.39, 0.29) is 10.8 Å². The second-order valence-electron chi connectivity index (χ2n) is 7.88. The first-order chi connectivity index (χ1) is 15.5. The van der Waals surface area contributed by atoms with Gasteiger partial charge in [-0.2, -0.15) is 4.31 Å². The zero-order valence-electron chi connectivity index (χ0n) is 17.4. The summed E-state index contributed by atoms with van der Waals surface area (Å²) < 4.78 is 27.2. The fourth-order valence-corrected chi connectivity index (χ4v) is 5.70. The van der Waals surface area contributed by atoms with Gasteiger partial charge in [0.05, 0.1) is 16.2 Å². The monoisotopic (exact) mass is 445 g/mol. The molecule has 3 aromatic rings. The van der Waals surface area contributed by atoms with Gasteiger partial charge in [-0.05, 0) is 48.7 Å². The highest BCUT2D eigenvalue weighted by Crippen LogP contribution is 2.37. The van der Waals surface area contributed by atoms with Crippen LogP contribution >= 0.6 is 0 Å². The number of carbonyl (C=O) groups excluding carboxylic acids is 1. The molecule has 1 saturated heterocycles. The van der Waals surface area contributed by atoms with E-state index in [1.807, 2.05) is 54.6 Å². The number of carbonyl (C=O) groups is 1. The van der Waals surface area contributed by atoms with Crippen LogP contribution in [0.1, 0.15) is 24.0 Å². The maximum atomic E-state index is 12.9. The molecule has 0 saturated carbocycles. The zero-order chi connectivity index (χ0) is 22.1. The van der Waals surface area contributed by atoms with E-state index >= 15 is 0 Å². The molecule has 3 aromatic carbocycles. The molecule has 0 atom stereocenters. The van der Waals surface area contributed by atoms with Crippen LogP contribution in [0.2, 0.25) is 0 Å². The van der Waals surface area contributed by atoms with Gasteiger partial charge < -0.3 is 10.6 Å². The molecule has 6 nitrogen and oxygen atoms in total. The minimum Gasteiger partial charge on any atom is -0.354 e. The maximum Gasteiger partial charge on any atom is 0.258 e. The van der Waals surface area contributed by atoms with Crippen LogP contribution in [0.5, 0.6) is 0 Å². The molecule has 5 rings (SSSR count). The number of benzene rings is 3. The molecule has 2 N–H and O–H groups in total. The van der Waals surface area contributed by atoms with Gasteiger partial charge in [0.25, 0.3) is 5.91 Å². The van der Waals surface area contributed by atoms with Crippen molar-refractivity contribution in [2.45, 2.75) is 17.7 Å². The number of anilines is 2. The standard InChI is InChI=1S/C25H23N3O3S/c29-25-23(21-10-4-5-11-22(21)27-25)24(18-8-2-1-3-9-18)26-19-12-14-20(15-13-19)32(30,31)28-16-6-7-17-28/h1-5,8-15,26H,6-7,16-17H2,(H,27,29)/b24-23-. The van der Waals surface area contributed by atoms with Crippen LogP contribution in [0.15, 0.2) is 83.8 Å². The fraction of sp³-hybridized carbons (Fsp3) is 0.160. The van der Waals surface area contributed by atoms with Crippen molar-refractivity contribution in [1.82, 2.24) is 4.31 Å². The second kappa shape index (κ2) is 8.26. The summed E-state index contributed by atoms with van der Waals surface area (Å²) in [6.45, 7) is 1.14. The van der Waals surface area contributed by atoms with Gasteiger partial charge in [-0.1, -0.05) is 48.5 Å². The molecule has 2 aliphatic heterocycles. The molecule has 1 fully saturated rings. The third-order valence-corrected chi connectivity index (χ3v) is 7.72. The summed E-state index contributed by atoms with van der Waals surface area (Å²) in [5.41, 5.74) is 4.40. The van der Waals surface area contributed by atoms with Gasteiger partial charge in [0, 0.05) is 30.0 Å². The first-order valence-electron chi connectivity index (χ1n) is 10.6. The molecule has 32 heavy (non-hydrogen) atoms. The SMILES string of the molecule is O=C1Nc2ccccc2/C1=C(/Nc1ccc(S(=O)(=O)N2CCCC2)cc1)c1ccccc1. The van der Waals surface area contributed by atoms with Crippen LogP contribution in [0, 0.1) is 0 Å². The molecule has 0 spiro atoms. The third-order valence-electron chi connectivity index (χ3n) is 5.81. The molecule has 2 heterocycles. The van der Waals surface area contributed by atoms with E-state index in [2.05, 4.69) is 10.6 Å². The average Bonchev–Trinajstić information content (AvgIpc) is 3.47. The topological polar surface area (TPSA) is 78.5 Å². The third kappa shape index (κ3) is 3.70. The van der Waals surface area contributed by atoms with Gasteiger partial charge in [-0.25, -0.2) is 8.42 Å². The van der Waals surface area contributed by atoms with Crippen molar-refractivity contribution in [1.29, 1.82) is 0 Å². The molecule has 162 valence electrons. The number of amides is 1. The summed E-state index contributed by atoms with van der Waals surface area (Å²) >= 11 is 0. The van der Waals surface area contributed by atoms with Crippen molar-refractivity contribution >= 4 is 38.6 Å². The number of fused-ring (bicyclic) bond motifs is 1. The molecule has 1 amide bonds. The van der Waals surface area contributed by atoms with Crippen LogP contribution in [-0.2, 0) is 14.8 Å². The lowest BCUT2D eigenvalue weighted by Gasteiger charge is -2.17. The Morgan fingerprint density at radius 2 is 1.50 bits per heavy atom. The van der Waals surface area contributed by atoms with E-state index in [9.17, 15) is 13.2 Å². The van der Waals surface area contributed by atoms with Crippen molar-refractivity contribution < 1.29 is 13.2 Å². The summed E-state index contributed by atoms with van der Waals surface area (Å²) in [4.78, 5) is 13.2. The Morgan fingerprint density at radius 1 is 0.844 bits per heavy atom. The molecule has 0 radical (unpaired) electrons. The fourth-order valence-electron chi connectivity index (χ4n) is 4.18. The summed E-state index contributed by atoms with van der Waals surface area (Å²) in [5, 5.41) is 6.29. The number of hydrogen-bond donors (Lipinski definition) is 2. The lowest BCUT2D eigenvalue weighted by Crippen LogP contribution is -2.27. The van der Waals surface area contributed by atoms with E-state index in [0.717, 1.165) is 29.7 Å². The molecular formula is C25H23N3O3S. The molecule has 0 bridgehead atoms. The number of para-hydroxylation sites is 1. The highest BCUT2D eigenvalue weighted by atomic mass is 32.2. The van der Waals surface area contributed by atoms with E-state index in [4.69, 9.17) is 0 Å². The molecule has 0 aromatic heterocycles. The van der Waals surface area contributed by atoms with Crippen molar-refractivity contribution in [2.75, 3.05) is 23.7 Å². The molecule has 0 unspecified atom stereocenters. The Balaban J connectivity index is 1.53. The first kappa shape index (κ1) is 20.5. The lowest BCUT2D eigenvalue weighted by atomic mass is 10.00. The number of rotatable bonds is 5. The quantitative estimate of drug-likeness (QED) is 0.571. The minimum absolute atomic E-state index is 0.175. The number of nitrogens with one attached hydrogen (secondary N) is 2. The zero-order valence-corrected chi connectivity index (χ0v) is 18.2. The normalized spacial score (nSPS) is 17.7. The predicted octanol–water partition coefficient (Wildman–Crippen LogP) is 4.40. The Labute approximate surface area is 187 Å². The first-order valence-corrected chi connectivity index (χ1v) is 12.1. The molecule has 2 aliphatic rings. The largest absolute Gasteiger partial charge is 0.354 e. The average molecular weight is 446 g/mol. The highest BCUT2D eigenvalue weighted by Gasteiger charge is 2.29. The summed E-state index contributed by atoms with van der Waals surface area (Å²) in [6, 6.07) is 23.9. The number of sulfonamides is 1. The molecular weight excluding hydrogens is 422 g/mol. The smallest absolute Gasteiger partial charge is 0.258 e. The summed E-state index contributed by atoms with van der Waals surface area (Å²) in [7, 11) is -3.47. The van der Waals surface area contributed by atoms with Gasteiger partial charge in [-0.15, -0.1) is 0 Å². The van der Waals surface area contributed by atoms with Crippen LogP contribution < -0.4 is 10.6 Å². The van der Waals surface area contributed by atoms with Gasteiger partial charge >= 0.3 is 0 Å². The van der Waals surface area contributed by atoms with E-state index in [1.165, 1.54) is 4.31 Å². The summed E-state index contributed by atoms with van der Waals surface area (Å²) in [5.74, 6) is -0.175. The Kier molecular flexibility index (Phi) is 5.28. The number of hydrogen-bond acceptors (Lipinski definition) is 4. The Morgan fingerprint density at radius 3 is 2.22 bits per heavy atom. The van der Waals surface area contributed by atoms with Crippen molar-refractivity contribution in [3.63, 3.8) is 0 Å². The predicted molar refractivity (Wildman–Crippen MR) is 126 cm³/mol. The van der Waals surface area contributed by atoms with Gasteiger partial charge in [0.15, 0.2) is 0 Å².